The molecule has 0 heterocycles. The normalized spacial score (nSPS) is 12.4. The number of nitrogens with two attached hydrogens (primary N) is 1. The van der Waals surface area contributed by atoms with Gasteiger partial charge in [0.15, 0.2) is 0 Å². The SMILES string of the molecule is Cc1ccc(SCC(N)c2cc(F)ccc2F)cc1. The van der Waals surface area contributed by atoms with Crippen LogP contribution in [0.4, 0.5) is 8.78 Å². The molecule has 19 heavy (non-hydrogen) atoms. The van der Waals surface area contributed by atoms with Gasteiger partial charge in [0.1, 0.15) is 11.6 Å². The van der Waals surface area contributed by atoms with Gasteiger partial charge in [0.05, 0.1) is 0 Å². The van der Waals surface area contributed by atoms with E-state index in [1.54, 1.807) is 0 Å². The molecule has 0 aliphatic rings. The Kier molecular flexibility index (Phi) is 4.56. The lowest BCUT2D eigenvalue weighted by Gasteiger charge is -2.12. The summed E-state index contributed by atoms with van der Waals surface area (Å²) in [6, 6.07) is 10.9. The number of thioether (sulfide) groups is 1. The van der Waals surface area contributed by atoms with Crippen molar-refractivity contribution in [3.63, 3.8) is 0 Å². The van der Waals surface area contributed by atoms with Gasteiger partial charge >= 0.3 is 0 Å². The van der Waals surface area contributed by atoms with Gasteiger partial charge in [0.25, 0.3) is 0 Å². The average molecular weight is 279 g/mol. The lowest BCUT2D eigenvalue weighted by atomic mass is 10.1. The number of hydrogen-bond acceptors (Lipinski definition) is 2. The van der Waals surface area contributed by atoms with Crippen molar-refractivity contribution in [1.82, 2.24) is 0 Å². The van der Waals surface area contributed by atoms with Crippen LogP contribution in [0.15, 0.2) is 47.4 Å². The summed E-state index contributed by atoms with van der Waals surface area (Å²) in [4.78, 5) is 1.07. The molecule has 0 aromatic heterocycles. The fraction of sp³-hybridized carbons (Fsp3) is 0.200. The Hall–Kier alpha value is -1.39. The second-order valence-corrected chi connectivity index (χ2v) is 5.49. The molecule has 0 aliphatic carbocycles. The minimum absolute atomic E-state index is 0.222. The zero-order valence-corrected chi connectivity index (χ0v) is 11.4. The predicted molar refractivity (Wildman–Crippen MR) is 75.2 cm³/mol. The van der Waals surface area contributed by atoms with Crippen molar-refractivity contribution in [2.75, 3.05) is 5.75 Å². The Morgan fingerprint density at radius 2 is 1.79 bits per heavy atom. The van der Waals surface area contributed by atoms with Gasteiger partial charge in [-0.25, -0.2) is 8.78 Å². The van der Waals surface area contributed by atoms with Crippen LogP contribution in [0.1, 0.15) is 17.2 Å². The van der Waals surface area contributed by atoms with Crippen LogP contribution in [-0.2, 0) is 0 Å². The topological polar surface area (TPSA) is 26.0 Å². The van der Waals surface area contributed by atoms with Crippen molar-refractivity contribution in [3.05, 3.63) is 65.2 Å². The van der Waals surface area contributed by atoms with Gasteiger partial charge in [0.2, 0.25) is 0 Å². The Morgan fingerprint density at radius 1 is 1.11 bits per heavy atom. The molecular formula is C15H15F2NS. The lowest BCUT2D eigenvalue weighted by Crippen LogP contribution is -2.15. The van der Waals surface area contributed by atoms with Crippen molar-refractivity contribution >= 4 is 11.8 Å². The highest BCUT2D eigenvalue weighted by Gasteiger charge is 2.12. The molecule has 2 aromatic rings. The highest BCUT2D eigenvalue weighted by molar-refractivity contribution is 7.99. The van der Waals surface area contributed by atoms with E-state index in [9.17, 15) is 8.78 Å². The first kappa shape index (κ1) is 14.0. The van der Waals surface area contributed by atoms with Crippen LogP contribution in [0.2, 0.25) is 0 Å². The first-order valence-electron chi connectivity index (χ1n) is 5.96. The van der Waals surface area contributed by atoms with Gasteiger partial charge in [-0.15, -0.1) is 11.8 Å². The van der Waals surface area contributed by atoms with Crippen molar-refractivity contribution < 1.29 is 8.78 Å². The van der Waals surface area contributed by atoms with Crippen LogP contribution in [0.5, 0.6) is 0 Å². The standard InChI is InChI=1S/C15H15F2NS/c1-10-2-5-12(6-3-10)19-9-15(18)13-8-11(16)4-7-14(13)17/h2-8,15H,9,18H2,1H3. The number of aryl methyl sites for hydroxylation is 1. The number of halogens is 2. The molecule has 0 spiro atoms. The van der Waals surface area contributed by atoms with E-state index in [-0.39, 0.29) is 5.56 Å². The minimum Gasteiger partial charge on any atom is -0.323 e. The van der Waals surface area contributed by atoms with E-state index in [0.717, 1.165) is 23.1 Å². The van der Waals surface area contributed by atoms with Crippen LogP contribution in [-0.4, -0.2) is 5.75 Å². The van der Waals surface area contributed by atoms with Crippen LogP contribution in [0, 0.1) is 18.6 Å². The average Bonchev–Trinajstić information content (AvgIpc) is 2.40. The minimum atomic E-state index is -0.526. The van der Waals surface area contributed by atoms with Gasteiger partial charge in [0, 0.05) is 22.3 Å². The van der Waals surface area contributed by atoms with Gasteiger partial charge < -0.3 is 5.73 Å². The summed E-state index contributed by atoms with van der Waals surface area (Å²) in [7, 11) is 0. The van der Waals surface area contributed by atoms with Crippen LogP contribution < -0.4 is 5.73 Å². The first-order valence-corrected chi connectivity index (χ1v) is 6.95. The molecule has 2 N–H and O–H groups in total. The van der Waals surface area contributed by atoms with E-state index < -0.39 is 17.7 Å². The number of rotatable bonds is 4. The predicted octanol–water partition coefficient (Wildman–Crippen LogP) is 4.07. The van der Waals surface area contributed by atoms with E-state index in [1.807, 2.05) is 31.2 Å². The van der Waals surface area contributed by atoms with Gasteiger partial charge in [-0.1, -0.05) is 17.7 Å². The van der Waals surface area contributed by atoms with Crippen LogP contribution >= 0.6 is 11.8 Å². The molecule has 0 radical (unpaired) electrons. The van der Waals surface area contributed by atoms with Gasteiger partial charge in [-0.3, -0.25) is 0 Å². The molecular weight excluding hydrogens is 264 g/mol. The molecule has 0 bridgehead atoms. The fourth-order valence-electron chi connectivity index (χ4n) is 1.71. The molecule has 0 saturated carbocycles. The molecule has 100 valence electrons. The highest BCUT2D eigenvalue weighted by atomic mass is 32.2. The molecule has 0 amide bonds. The zero-order valence-electron chi connectivity index (χ0n) is 10.6. The molecule has 4 heteroatoms. The van der Waals surface area contributed by atoms with E-state index in [4.69, 9.17) is 5.73 Å². The van der Waals surface area contributed by atoms with Crippen molar-refractivity contribution in [1.29, 1.82) is 0 Å². The molecule has 0 aliphatic heterocycles. The fourth-order valence-corrected chi connectivity index (χ4v) is 2.59. The summed E-state index contributed by atoms with van der Waals surface area (Å²) in [5.74, 6) is -0.422. The summed E-state index contributed by atoms with van der Waals surface area (Å²) >= 11 is 1.53. The second-order valence-electron chi connectivity index (χ2n) is 4.40. The zero-order chi connectivity index (χ0) is 13.8. The number of benzene rings is 2. The number of hydrogen-bond donors (Lipinski definition) is 1. The van der Waals surface area contributed by atoms with Crippen molar-refractivity contribution in [3.8, 4) is 0 Å². The van der Waals surface area contributed by atoms with Gasteiger partial charge in [-0.2, -0.15) is 0 Å². The van der Waals surface area contributed by atoms with Crippen molar-refractivity contribution in [2.24, 2.45) is 5.73 Å². The maximum Gasteiger partial charge on any atom is 0.128 e. The smallest absolute Gasteiger partial charge is 0.128 e. The maximum absolute atomic E-state index is 13.5. The molecule has 0 fully saturated rings. The molecule has 1 nitrogen and oxygen atoms in total. The van der Waals surface area contributed by atoms with E-state index in [2.05, 4.69) is 0 Å². The summed E-state index contributed by atoms with van der Waals surface area (Å²) in [6.45, 7) is 2.02. The van der Waals surface area contributed by atoms with E-state index in [1.165, 1.54) is 17.3 Å². The quantitative estimate of drug-likeness (QED) is 0.854. The summed E-state index contributed by atoms with van der Waals surface area (Å²) < 4.78 is 26.6. The summed E-state index contributed by atoms with van der Waals surface area (Å²) in [5, 5.41) is 0. The van der Waals surface area contributed by atoms with E-state index >= 15 is 0 Å². The lowest BCUT2D eigenvalue weighted by molar-refractivity contribution is 0.573. The van der Waals surface area contributed by atoms with E-state index in [0.29, 0.717) is 5.75 Å². The maximum atomic E-state index is 13.5. The third-order valence-corrected chi connectivity index (χ3v) is 3.94. The third-order valence-electron chi connectivity index (χ3n) is 2.81. The van der Waals surface area contributed by atoms with Crippen LogP contribution in [0.25, 0.3) is 0 Å². The molecule has 1 unspecified atom stereocenters. The second kappa shape index (κ2) is 6.17. The summed E-state index contributed by atoms with van der Waals surface area (Å²) in [5.41, 5.74) is 7.32. The summed E-state index contributed by atoms with van der Waals surface area (Å²) in [6.07, 6.45) is 0. The largest absolute Gasteiger partial charge is 0.323 e. The molecule has 1 atom stereocenters. The Labute approximate surface area is 115 Å². The Bertz CT molecular complexity index is 555. The monoisotopic (exact) mass is 279 g/mol. The molecule has 2 aromatic carbocycles. The molecule has 2 rings (SSSR count). The first-order chi connectivity index (χ1) is 9.06. The van der Waals surface area contributed by atoms with Gasteiger partial charge in [-0.05, 0) is 37.3 Å². The molecule has 0 saturated heterocycles. The Balaban J connectivity index is 2.03. The Morgan fingerprint density at radius 3 is 2.47 bits per heavy atom. The highest BCUT2D eigenvalue weighted by Crippen LogP contribution is 2.25. The van der Waals surface area contributed by atoms with Crippen molar-refractivity contribution in [2.45, 2.75) is 17.9 Å². The van der Waals surface area contributed by atoms with Crippen LogP contribution in [0.3, 0.4) is 0 Å². The third kappa shape index (κ3) is 3.78.